The lowest BCUT2D eigenvalue weighted by atomic mass is 9.81. The number of carbonyl (C=O) groups is 1. The maximum absolute atomic E-state index is 11.9. The van der Waals surface area contributed by atoms with Crippen molar-refractivity contribution in [1.82, 2.24) is 9.47 Å². The molecule has 1 aromatic heterocycles. The molecule has 204 valence electrons. The van der Waals surface area contributed by atoms with Gasteiger partial charge in [0.1, 0.15) is 0 Å². The number of anilines is 1. The first kappa shape index (κ1) is 26.8. The van der Waals surface area contributed by atoms with E-state index in [0.717, 1.165) is 31.1 Å². The first-order valence-corrected chi connectivity index (χ1v) is 14.6. The molecule has 0 unspecified atom stereocenters. The highest BCUT2D eigenvalue weighted by Gasteiger charge is 2.31. The Bertz CT molecular complexity index is 1260. The summed E-state index contributed by atoms with van der Waals surface area (Å²) in [7, 11) is 0. The lowest BCUT2D eigenvalue weighted by molar-refractivity contribution is 0.0697. The summed E-state index contributed by atoms with van der Waals surface area (Å²) in [5.74, 6) is 0.516. The molecule has 5 heteroatoms. The van der Waals surface area contributed by atoms with Crippen molar-refractivity contribution >= 4 is 22.6 Å². The quantitative estimate of drug-likeness (QED) is 0.367. The summed E-state index contributed by atoms with van der Waals surface area (Å²) in [6.45, 7) is 8.88. The molecule has 2 aliphatic heterocycles. The van der Waals surface area contributed by atoms with Gasteiger partial charge in [-0.25, -0.2) is 4.79 Å². The summed E-state index contributed by atoms with van der Waals surface area (Å²) in [5, 5.41) is 11.0. The van der Waals surface area contributed by atoms with Gasteiger partial charge < -0.3 is 19.5 Å². The molecule has 2 aromatic carbocycles. The molecule has 1 N–H and O–H groups in total. The number of aromatic nitrogens is 1. The van der Waals surface area contributed by atoms with E-state index >= 15 is 0 Å². The number of piperidine rings is 1. The maximum atomic E-state index is 11.9. The van der Waals surface area contributed by atoms with Crippen molar-refractivity contribution in [2.45, 2.75) is 78.2 Å². The van der Waals surface area contributed by atoms with E-state index in [9.17, 15) is 9.90 Å². The van der Waals surface area contributed by atoms with Crippen LogP contribution < -0.4 is 4.90 Å². The molecule has 5 nitrogen and oxygen atoms in total. The average molecular weight is 516 g/mol. The summed E-state index contributed by atoms with van der Waals surface area (Å²) in [6.07, 6.45) is 10.2. The predicted molar refractivity (Wildman–Crippen MR) is 159 cm³/mol. The van der Waals surface area contributed by atoms with E-state index in [4.69, 9.17) is 0 Å². The van der Waals surface area contributed by atoms with E-state index in [1.807, 2.05) is 6.07 Å². The number of benzene rings is 2. The Morgan fingerprint density at radius 3 is 2.45 bits per heavy atom. The second-order valence-electron chi connectivity index (χ2n) is 11.5. The van der Waals surface area contributed by atoms with Crippen LogP contribution in [0.15, 0.2) is 42.5 Å². The van der Waals surface area contributed by atoms with Crippen LogP contribution in [0.3, 0.4) is 0 Å². The number of para-hydroxylation sites is 1. The Morgan fingerprint density at radius 1 is 0.947 bits per heavy atom. The molecule has 38 heavy (non-hydrogen) atoms. The first-order valence-electron chi connectivity index (χ1n) is 14.6. The van der Waals surface area contributed by atoms with Crippen LogP contribution in [-0.4, -0.2) is 53.3 Å². The minimum absolute atomic E-state index is 0. The van der Waals surface area contributed by atoms with Crippen molar-refractivity contribution in [3.8, 4) is 11.3 Å². The molecule has 3 aromatic rings. The highest BCUT2D eigenvalue weighted by Crippen LogP contribution is 2.47. The molecule has 0 atom stereocenters. The van der Waals surface area contributed by atoms with Gasteiger partial charge in [-0.1, -0.05) is 57.9 Å². The molecule has 6 rings (SSSR count). The first-order chi connectivity index (χ1) is 18.1. The minimum atomic E-state index is -0.846. The fourth-order valence-electron chi connectivity index (χ4n) is 7.29. The third kappa shape index (κ3) is 4.98. The summed E-state index contributed by atoms with van der Waals surface area (Å²) < 4.78 is 2.46. The lowest BCUT2D eigenvalue weighted by Crippen LogP contribution is -2.35. The van der Waals surface area contributed by atoms with Gasteiger partial charge in [-0.2, -0.15) is 0 Å². The van der Waals surface area contributed by atoms with Crippen molar-refractivity contribution in [3.63, 3.8) is 0 Å². The Labute approximate surface area is 228 Å². The highest BCUT2D eigenvalue weighted by atomic mass is 16.4. The summed E-state index contributed by atoms with van der Waals surface area (Å²) >= 11 is 0. The molecule has 1 aliphatic carbocycles. The zero-order chi connectivity index (χ0) is 25.4. The van der Waals surface area contributed by atoms with Crippen LogP contribution in [0.5, 0.6) is 0 Å². The maximum Gasteiger partial charge on any atom is 0.335 e. The Kier molecular flexibility index (Phi) is 8.13. The van der Waals surface area contributed by atoms with Crippen LogP contribution in [-0.2, 0) is 6.54 Å². The van der Waals surface area contributed by atoms with E-state index in [-0.39, 0.29) is 7.43 Å². The number of likely N-dealkylation sites (tertiary alicyclic amines) is 1. The number of hydrogen-bond acceptors (Lipinski definition) is 3. The summed E-state index contributed by atoms with van der Waals surface area (Å²) in [5.41, 5.74) is 6.97. The normalized spacial score (nSPS) is 19.0. The number of aromatic carboxylic acids is 1. The van der Waals surface area contributed by atoms with Gasteiger partial charge in [-0.3, -0.25) is 0 Å². The predicted octanol–water partition coefficient (Wildman–Crippen LogP) is 7.63. The summed E-state index contributed by atoms with van der Waals surface area (Å²) in [6, 6.07) is 14.8. The molecule has 1 saturated heterocycles. The van der Waals surface area contributed by atoms with Crippen LogP contribution in [0.4, 0.5) is 5.69 Å². The zero-order valence-electron chi connectivity index (χ0n) is 22.3. The molecule has 0 bridgehead atoms. The number of carboxylic acids is 1. The molecule has 2 fully saturated rings. The standard InChI is InChI=1S/C32H41N3O2.CH4/c1-2-33-17-14-23(15-18-33)16-19-34-20-21-35-29-22-25(32(36)37)12-13-26(29)30(24-8-4-3-5-9-24)31(35)27-10-6-7-11-28(27)34;/h6-7,10-13,22-24H,2-5,8-9,14-21H2,1H3,(H,36,37);1H4. The van der Waals surface area contributed by atoms with Gasteiger partial charge in [-0.15, -0.1) is 0 Å². The van der Waals surface area contributed by atoms with Gasteiger partial charge in [0.15, 0.2) is 0 Å². The SMILES string of the molecule is C.CCN1CCC(CCN2CCn3c(c(C4CCCCC4)c4ccc(C(=O)O)cc43)-c3ccccc32)CC1. The van der Waals surface area contributed by atoms with Crippen LogP contribution in [0.2, 0.25) is 0 Å². The molecule has 1 saturated carbocycles. The smallest absolute Gasteiger partial charge is 0.335 e. The van der Waals surface area contributed by atoms with E-state index < -0.39 is 5.97 Å². The van der Waals surface area contributed by atoms with Gasteiger partial charge in [0.2, 0.25) is 0 Å². The second-order valence-corrected chi connectivity index (χ2v) is 11.5. The van der Waals surface area contributed by atoms with Gasteiger partial charge in [0, 0.05) is 41.8 Å². The van der Waals surface area contributed by atoms with E-state index in [0.29, 0.717) is 11.5 Å². The number of fused-ring (bicyclic) bond motifs is 5. The largest absolute Gasteiger partial charge is 0.478 e. The van der Waals surface area contributed by atoms with Gasteiger partial charge in [0.05, 0.1) is 11.3 Å². The second kappa shape index (κ2) is 11.5. The topological polar surface area (TPSA) is 48.7 Å². The van der Waals surface area contributed by atoms with Crippen molar-refractivity contribution in [2.24, 2.45) is 5.92 Å². The molecule has 0 radical (unpaired) electrons. The van der Waals surface area contributed by atoms with Gasteiger partial charge in [-0.05, 0) is 87.3 Å². The van der Waals surface area contributed by atoms with Gasteiger partial charge >= 0.3 is 5.97 Å². The average Bonchev–Trinajstić information content (AvgIpc) is 3.18. The third-order valence-corrected chi connectivity index (χ3v) is 9.42. The minimum Gasteiger partial charge on any atom is -0.478 e. The highest BCUT2D eigenvalue weighted by molar-refractivity contribution is 5.99. The molecule has 3 heterocycles. The van der Waals surface area contributed by atoms with Crippen LogP contribution >= 0.6 is 0 Å². The lowest BCUT2D eigenvalue weighted by Gasteiger charge is -2.33. The zero-order valence-corrected chi connectivity index (χ0v) is 22.3. The number of rotatable bonds is 6. The van der Waals surface area contributed by atoms with Crippen molar-refractivity contribution in [3.05, 3.63) is 53.6 Å². The molecule has 0 spiro atoms. The molecular weight excluding hydrogens is 470 g/mol. The van der Waals surface area contributed by atoms with Gasteiger partial charge in [0.25, 0.3) is 0 Å². The fourth-order valence-corrected chi connectivity index (χ4v) is 7.29. The molecular formula is C33H45N3O2. The van der Waals surface area contributed by atoms with Crippen molar-refractivity contribution < 1.29 is 9.90 Å². The Morgan fingerprint density at radius 2 is 1.71 bits per heavy atom. The Hall–Kier alpha value is -2.79. The van der Waals surface area contributed by atoms with E-state index in [1.165, 1.54) is 98.9 Å². The van der Waals surface area contributed by atoms with Crippen LogP contribution in [0, 0.1) is 5.92 Å². The monoisotopic (exact) mass is 515 g/mol. The fraction of sp³-hybridized carbons (Fsp3) is 0.545. The van der Waals surface area contributed by atoms with Crippen molar-refractivity contribution in [2.75, 3.05) is 37.6 Å². The third-order valence-electron chi connectivity index (χ3n) is 9.42. The van der Waals surface area contributed by atoms with Crippen LogP contribution in [0.25, 0.3) is 22.2 Å². The number of carboxylic acid groups (broad SMARTS) is 1. The number of hydrogen-bond donors (Lipinski definition) is 1. The summed E-state index contributed by atoms with van der Waals surface area (Å²) in [4.78, 5) is 17.1. The van der Waals surface area contributed by atoms with Crippen LogP contribution in [0.1, 0.15) is 87.6 Å². The Balaban J connectivity index is 0.00000294. The molecule has 3 aliphatic rings. The molecule has 0 amide bonds. The number of nitrogens with zero attached hydrogens (tertiary/aromatic N) is 3. The van der Waals surface area contributed by atoms with Crippen molar-refractivity contribution in [1.29, 1.82) is 0 Å². The van der Waals surface area contributed by atoms with E-state index in [1.54, 1.807) is 6.07 Å². The van der Waals surface area contributed by atoms with E-state index in [2.05, 4.69) is 51.6 Å².